The molecule has 4 rings (SSSR count). The molecule has 1 aromatic carbocycles. The Morgan fingerprint density at radius 2 is 1.93 bits per heavy atom. The number of hydrogen-bond donors (Lipinski definition) is 2. The molecule has 3 aromatic rings. The summed E-state index contributed by atoms with van der Waals surface area (Å²) in [6.07, 6.45) is 3.42. The number of carbonyl (C=O) groups excluding carboxylic acids is 1. The minimum atomic E-state index is -0.121. The van der Waals surface area contributed by atoms with Crippen molar-refractivity contribution < 1.29 is 4.79 Å². The zero-order valence-corrected chi connectivity index (χ0v) is 15.6. The number of nitrogens with one attached hydrogen (secondary N) is 2. The standard InChI is InChI=1S/C22H23N5O/c28-22(26-15-19-8-4-5-10-23-19)18-9-11-25-21(14-18)27-13-12-24-20(16-27)17-6-2-1-3-7-17/h1-11,14,20,24H,12-13,15-16H2,(H,26,28). The molecule has 1 aliphatic heterocycles. The number of hydrogen-bond acceptors (Lipinski definition) is 5. The molecule has 1 atom stereocenters. The molecule has 1 saturated heterocycles. The highest BCUT2D eigenvalue weighted by atomic mass is 16.1. The Hall–Kier alpha value is -3.25. The van der Waals surface area contributed by atoms with Gasteiger partial charge in [0.1, 0.15) is 5.82 Å². The van der Waals surface area contributed by atoms with Crippen molar-refractivity contribution in [3.05, 3.63) is 89.9 Å². The highest BCUT2D eigenvalue weighted by Gasteiger charge is 2.22. The van der Waals surface area contributed by atoms with E-state index >= 15 is 0 Å². The maximum Gasteiger partial charge on any atom is 0.251 e. The molecule has 1 amide bonds. The molecule has 1 unspecified atom stereocenters. The highest BCUT2D eigenvalue weighted by Crippen LogP contribution is 2.21. The molecule has 0 radical (unpaired) electrons. The van der Waals surface area contributed by atoms with Crippen LogP contribution >= 0.6 is 0 Å². The number of amides is 1. The summed E-state index contributed by atoms with van der Waals surface area (Å²) in [5.74, 6) is 0.706. The van der Waals surface area contributed by atoms with Gasteiger partial charge in [-0.3, -0.25) is 9.78 Å². The third-order valence-electron chi connectivity index (χ3n) is 4.87. The summed E-state index contributed by atoms with van der Waals surface area (Å²) in [5, 5.41) is 6.48. The van der Waals surface area contributed by atoms with Gasteiger partial charge in [0.25, 0.3) is 5.91 Å². The number of rotatable bonds is 5. The molecule has 0 spiro atoms. The van der Waals surface area contributed by atoms with Crippen LogP contribution in [0.3, 0.4) is 0 Å². The van der Waals surface area contributed by atoms with E-state index < -0.39 is 0 Å². The number of pyridine rings is 2. The largest absolute Gasteiger partial charge is 0.353 e. The van der Waals surface area contributed by atoms with Gasteiger partial charge in [0.15, 0.2) is 0 Å². The van der Waals surface area contributed by atoms with Crippen molar-refractivity contribution in [2.45, 2.75) is 12.6 Å². The lowest BCUT2D eigenvalue weighted by molar-refractivity contribution is 0.0950. The van der Waals surface area contributed by atoms with Crippen LogP contribution < -0.4 is 15.5 Å². The van der Waals surface area contributed by atoms with Gasteiger partial charge in [0.05, 0.1) is 12.2 Å². The molecule has 3 heterocycles. The van der Waals surface area contributed by atoms with Crippen LogP contribution in [0.2, 0.25) is 0 Å². The van der Waals surface area contributed by atoms with Crippen molar-refractivity contribution in [3.63, 3.8) is 0 Å². The van der Waals surface area contributed by atoms with Crippen LogP contribution in [0.1, 0.15) is 27.7 Å². The van der Waals surface area contributed by atoms with E-state index in [1.165, 1.54) is 5.56 Å². The molecule has 1 aliphatic rings. The Morgan fingerprint density at radius 3 is 2.75 bits per heavy atom. The van der Waals surface area contributed by atoms with E-state index in [1.807, 2.05) is 30.3 Å². The summed E-state index contributed by atoms with van der Waals surface area (Å²) in [6, 6.07) is 19.9. The maximum absolute atomic E-state index is 12.5. The molecule has 6 heteroatoms. The first-order valence-electron chi connectivity index (χ1n) is 9.47. The monoisotopic (exact) mass is 373 g/mol. The first-order valence-corrected chi connectivity index (χ1v) is 9.47. The number of aromatic nitrogens is 2. The lowest BCUT2D eigenvalue weighted by Gasteiger charge is -2.34. The second kappa shape index (κ2) is 8.63. The van der Waals surface area contributed by atoms with Gasteiger partial charge in [-0.1, -0.05) is 36.4 Å². The van der Waals surface area contributed by atoms with Gasteiger partial charge in [-0.2, -0.15) is 0 Å². The van der Waals surface area contributed by atoms with Crippen LogP contribution in [-0.4, -0.2) is 35.5 Å². The minimum Gasteiger partial charge on any atom is -0.353 e. The van der Waals surface area contributed by atoms with E-state index in [2.05, 4.69) is 49.8 Å². The molecule has 0 aliphatic carbocycles. The quantitative estimate of drug-likeness (QED) is 0.719. The Kier molecular flexibility index (Phi) is 5.58. The summed E-state index contributed by atoms with van der Waals surface area (Å²) in [4.78, 5) is 23.5. The number of carbonyl (C=O) groups is 1. The molecule has 0 bridgehead atoms. The summed E-state index contributed by atoms with van der Waals surface area (Å²) in [5.41, 5.74) is 2.70. The first kappa shape index (κ1) is 18.1. The average Bonchev–Trinajstić information content (AvgIpc) is 2.79. The average molecular weight is 373 g/mol. The normalized spacial score (nSPS) is 16.6. The maximum atomic E-state index is 12.5. The van der Waals surface area contributed by atoms with Crippen LogP contribution in [0, 0.1) is 0 Å². The van der Waals surface area contributed by atoms with Crippen molar-refractivity contribution in [2.75, 3.05) is 24.5 Å². The molecule has 6 nitrogen and oxygen atoms in total. The van der Waals surface area contributed by atoms with Gasteiger partial charge >= 0.3 is 0 Å². The highest BCUT2D eigenvalue weighted by molar-refractivity contribution is 5.94. The Balaban J connectivity index is 1.43. The van der Waals surface area contributed by atoms with E-state index in [9.17, 15) is 4.79 Å². The summed E-state index contributed by atoms with van der Waals surface area (Å²) in [7, 11) is 0. The number of piperazine rings is 1. The zero-order chi connectivity index (χ0) is 19.2. The minimum absolute atomic E-state index is 0.121. The fourth-order valence-corrected chi connectivity index (χ4v) is 3.37. The van der Waals surface area contributed by atoms with Gasteiger partial charge in [-0.15, -0.1) is 0 Å². The SMILES string of the molecule is O=C(NCc1ccccn1)c1ccnc(N2CCNC(c3ccccc3)C2)c1. The number of benzene rings is 1. The molecule has 2 N–H and O–H groups in total. The van der Waals surface area contributed by atoms with Crippen LogP contribution in [-0.2, 0) is 6.54 Å². The van der Waals surface area contributed by atoms with Gasteiger partial charge in [0.2, 0.25) is 0 Å². The van der Waals surface area contributed by atoms with E-state index in [0.717, 1.165) is 31.1 Å². The smallest absolute Gasteiger partial charge is 0.251 e. The van der Waals surface area contributed by atoms with Crippen LogP contribution in [0.4, 0.5) is 5.82 Å². The third kappa shape index (κ3) is 4.35. The van der Waals surface area contributed by atoms with Crippen molar-refractivity contribution in [2.24, 2.45) is 0 Å². The van der Waals surface area contributed by atoms with Crippen molar-refractivity contribution in [3.8, 4) is 0 Å². The molecule has 1 fully saturated rings. The van der Waals surface area contributed by atoms with Gasteiger partial charge in [0, 0.05) is 43.6 Å². The Morgan fingerprint density at radius 1 is 1.07 bits per heavy atom. The second-order valence-corrected chi connectivity index (χ2v) is 6.77. The van der Waals surface area contributed by atoms with Gasteiger partial charge in [-0.25, -0.2) is 4.98 Å². The predicted octanol–water partition coefficient (Wildman–Crippen LogP) is 2.56. The fourth-order valence-electron chi connectivity index (χ4n) is 3.37. The van der Waals surface area contributed by atoms with E-state index in [4.69, 9.17) is 0 Å². The predicted molar refractivity (Wildman–Crippen MR) is 109 cm³/mol. The van der Waals surface area contributed by atoms with Gasteiger partial charge in [-0.05, 0) is 29.8 Å². The molecule has 142 valence electrons. The second-order valence-electron chi connectivity index (χ2n) is 6.77. The Labute approximate surface area is 164 Å². The van der Waals surface area contributed by atoms with E-state index in [0.29, 0.717) is 12.1 Å². The van der Waals surface area contributed by atoms with Crippen molar-refractivity contribution in [1.82, 2.24) is 20.6 Å². The van der Waals surface area contributed by atoms with Crippen molar-refractivity contribution >= 4 is 11.7 Å². The van der Waals surface area contributed by atoms with Crippen LogP contribution in [0.25, 0.3) is 0 Å². The van der Waals surface area contributed by atoms with Crippen molar-refractivity contribution in [1.29, 1.82) is 0 Å². The molecular weight excluding hydrogens is 350 g/mol. The lowest BCUT2D eigenvalue weighted by Crippen LogP contribution is -2.46. The molecular formula is C22H23N5O. The summed E-state index contributed by atoms with van der Waals surface area (Å²) < 4.78 is 0. The third-order valence-corrected chi connectivity index (χ3v) is 4.87. The molecule has 28 heavy (non-hydrogen) atoms. The van der Waals surface area contributed by atoms with E-state index in [1.54, 1.807) is 18.5 Å². The number of anilines is 1. The Bertz CT molecular complexity index is 916. The summed E-state index contributed by atoms with van der Waals surface area (Å²) in [6.45, 7) is 2.95. The lowest BCUT2D eigenvalue weighted by atomic mass is 10.0. The molecule has 2 aromatic heterocycles. The topological polar surface area (TPSA) is 70.2 Å². The van der Waals surface area contributed by atoms with Crippen LogP contribution in [0.15, 0.2) is 73.1 Å². The summed E-state index contributed by atoms with van der Waals surface area (Å²) >= 11 is 0. The number of nitrogens with zero attached hydrogens (tertiary/aromatic N) is 3. The van der Waals surface area contributed by atoms with E-state index in [-0.39, 0.29) is 11.9 Å². The first-order chi connectivity index (χ1) is 13.8. The fraction of sp³-hybridized carbons (Fsp3) is 0.227. The van der Waals surface area contributed by atoms with Gasteiger partial charge < -0.3 is 15.5 Å². The zero-order valence-electron chi connectivity index (χ0n) is 15.6. The van der Waals surface area contributed by atoms with Crippen LogP contribution in [0.5, 0.6) is 0 Å². The molecule has 0 saturated carbocycles.